The quantitative estimate of drug-likeness (QED) is 0.709. The number of aryl methyl sites for hydroxylation is 1. The summed E-state index contributed by atoms with van der Waals surface area (Å²) in [6.07, 6.45) is 5.57. The lowest BCUT2D eigenvalue weighted by atomic mass is 10.1. The number of likely N-dealkylation sites (tertiary alicyclic amines) is 1. The molecule has 0 atom stereocenters. The topological polar surface area (TPSA) is 88.0 Å². The maximum Gasteiger partial charge on any atom is 0.280 e. The molecule has 0 aromatic carbocycles. The van der Waals surface area contributed by atoms with Gasteiger partial charge in [0.05, 0.1) is 6.33 Å². The molecule has 2 N–H and O–H groups in total. The van der Waals surface area contributed by atoms with Gasteiger partial charge < -0.3 is 20.1 Å². The third kappa shape index (κ3) is 3.12. The van der Waals surface area contributed by atoms with Crippen molar-refractivity contribution in [2.45, 2.75) is 19.3 Å². The van der Waals surface area contributed by atoms with E-state index in [1.54, 1.807) is 6.33 Å². The van der Waals surface area contributed by atoms with Gasteiger partial charge in [0.15, 0.2) is 10.8 Å². The van der Waals surface area contributed by atoms with Crippen LogP contribution >= 0.6 is 11.3 Å². The first kappa shape index (κ1) is 17.2. The molecule has 26 heavy (non-hydrogen) atoms. The van der Waals surface area contributed by atoms with Crippen LogP contribution in [0.2, 0.25) is 0 Å². The second-order valence-electron chi connectivity index (χ2n) is 6.59. The van der Waals surface area contributed by atoms with Crippen LogP contribution in [0.1, 0.15) is 29.1 Å². The van der Waals surface area contributed by atoms with Gasteiger partial charge in [0.2, 0.25) is 0 Å². The maximum absolute atomic E-state index is 12.5. The van der Waals surface area contributed by atoms with E-state index in [4.69, 9.17) is 0 Å². The summed E-state index contributed by atoms with van der Waals surface area (Å²) < 4.78 is 1.91. The minimum Gasteiger partial charge on any atom is -0.371 e. The molecule has 3 aromatic heterocycles. The van der Waals surface area contributed by atoms with Crippen molar-refractivity contribution in [2.24, 2.45) is 7.05 Å². The second-order valence-corrected chi connectivity index (χ2v) is 7.57. The molecule has 0 aliphatic carbocycles. The Morgan fingerprint density at radius 3 is 2.81 bits per heavy atom. The van der Waals surface area contributed by atoms with Gasteiger partial charge in [-0.25, -0.2) is 15.0 Å². The van der Waals surface area contributed by atoms with Gasteiger partial charge in [0.1, 0.15) is 21.4 Å². The zero-order valence-corrected chi connectivity index (χ0v) is 15.9. The van der Waals surface area contributed by atoms with Crippen molar-refractivity contribution < 1.29 is 4.79 Å². The molecule has 3 aromatic rings. The van der Waals surface area contributed by atoms with Gasteiger partial charge in [0, 0.05) is 27.2 Å². The number of hydrogen-bond acceptors (Lipinski definition) is 7. The van der Waals surface area contributed by atoms with E-state index < -0.39 is 0 Å². The van der Waals surface area contributed by atoms with Crippen molar-refractivity contribution >= 4 is 44.4 Å². The minimum absolute atomic E-state index is 0.133. The van der Waals surface area contributed by atoms with Gasteiger partial charge in [-0.3, -0.25) is 4.79 Å². The van der Waals surface area contributed by atoms with Crippen molar-refractivity contribution in [3.8, 4) is 0 Å². The van der Waals surface area contributed by atoms with Crippen molar-refractivity contribution in [3.05, 3.63) is 11.3 Å². The van der Waals surface area contributed by atoms with E-state index in [2.05, 4.69) is 30.5 Å². The number of carbonyl (C=O) groups is 1. The summed E-state index contributed by atoms with van der Waals surface area (Å²) in [6, 6.07) is 0. The van der Waals surface area contributed by atoms with E-state index in [1.807, 2.05) is 18.7 Å². The summed E-state index contributed by atoms with van der Waals surface area (Å²) in [6.45, 7) is 3.80. The summed E-state index contributed by atoms with van der Waals surface area (Å²) in [5.74, 6) is 0.570. The minimum atomic E-state index is -0.133. The van der Waals surface area contributed by atoms with Crippen LogP contribution in [0, 0.1) is 0 Å². The lowest BCUT2D eigenvalue weighted by molar-refractivity contribution is 0.0946. The summed E-state index contributed by atoms with van der Waals surface area (Å²) in [5.41, 5.74) is 2.39. The molecule has 4 rings (SSSR count). The lowest BCUT2D eigenvalue weighted by Crippen LogP contribution is -2.37. The number of anilines is 1. The molecule has 0 saturated carbocycles. The Hall–Kier alpha value is -2.26. The molecule has 1 aliphatic rings. The summed E-state index contributed by atoms with van der Waals surface area (Å²) in [4.78, 5) is 29.2. The average molecular weight is 373 g/mol. The molecule has 4 heterocycles. The fourth-order valence-electron chi connectivity index (χ4n) is 3.44. The lowest BCUT2D eigenvalue weighted by Gasteiger charge is -2.26. The standard InChI is InChI=1S/C17H23N7OS/c1-18-14-11-13(23(2)10-20-11)12-16(22-14)26-17(21-12)15(25)19-6-9-24-7-4-3-5-8-24/h10H,3-9H2,1-2H3,(H,18,22)(H,19,25). The monoisotopic (exact) mass is 373 g/mol. The Kier molecular flexibility index (Phi) is 4.73. The van der Waals surface area contributed by atoms with E-state index in [-0.39, 0.29) is 5.91 Å². The van der Waals surface area contributed by atoms with Crippen LogP contribution in [0.4, 0.5) is 5.82 Å². The number of carbonyl (C=O) groups excluding carboxylic acids is 1. The Bertz CT molecular complexity index is 942. The number of pyridine rings is 1. The predicted molar refractivity (Wildman–Crippen MR) is 104 cm³/mol. The van der Waals surface area contributed by atoms with Crippen LogP contribution in [0.15, 0.2) is 6.33 Å². The largest absolute Gasteiger partial charge is 0.371 e. The summed E-state index contributed by atoms with van der Waals surface area (Å²) in [7, 11) is 3.74. The first-order valence-corrected chi connectivity index (χ1v) is 9.79. The number of nitrogens with one attached hydrogen (secondary N) is 2. The predicted octanol–water partition coefficient (Wildman–Crippen LogP) is 1.84. The molecular weight excluding hydrogens is 350 g/mol. The van der Waals surface area contributed by atoms with Crippen LogP contribution in [-0.2, 0) is 7.05 Å². The zero-order chi connectivity index (χ0) is 18.1. The number of fused-ring (bicyclic) bond motifs is 3. The normalized spacial score (nSPS) is 15.6. The van der Waals surface area contributed by atoms with Crippen LogP contribution in [-0.4, -0.2) is 63.6 Å². The molecule has 0 bridgehead atoms. The number of imidazole rings is 1. The number of aromatic nitrogens is 4. The highest BCUT2D eigenvalue weighted by molar-refractivity contribution is 7.20. The van der Waals surface area contributed by atoms with E-state index in [0.717, 1.165) is 41.0 Å². The molecule has 8 nitrogen and oxygen atoms in total. The van der Waals surface area contributed by atoms with Gasteiger partial charge in [0.25, 0.3) is 5.91 Å². The molecule has 1 amide bonds. The number of piperidine rings is 1. The number of amides is 1. The molecule has 0 unspecified atom stereocenters. The smallest absolute Gasteiger partial charge is 0.280 e. The zero-order valence-electron chi connectivity index (χ0n) is 15.1. The van der Waals surface area contributed by atoms with Crippen LogP contribution in [0.5, 0.6) is 0 Å². The third-order valence-corrected chi connectivity index (χ3v) is 5.75. The molecular formula is C17H23N7OS. The summed E-state index contributed by atoms with van der Waals surface area (Å²) >= 11 is 1.32. The van der Waals surface area contributed by atoms with Crippen molar-refractivity contribution in [2.75, 3.05) is 38.5 Å². The van der Waals surface area contributed by atoms with Gasteiger partial charge >= 0.3 is 0 Å². The van der Waals surface area contributed by atoms with Crippen molar-refractivity contribution in [1.29, 1.82) is 0 Å². The molecule has 1 saturated heterocycles. The van der Waals surface area contributed by atoms with Crippen LogP contribution < -0.4 is 10.6 Å². The van der Waals surface area contributed by atoms with Crippen molar-refractivity contribution in [3.63, 3.8) is 0 Å². The first-order valence-electron chi connectivity index (χ1n) is 8.97. The van der Waals surface area contributed by atoms with Crippen LogP contribution in [0.25, 0.3) is 21.4 Å². The second kappa shape index (κ2) is 7.16. The van der Waals surface area contributed by atoms with E-state index in [1.165, 1.54) is 30.6 Å². The molecule has 0 radical (unpaired) electrons. The first-order chi connectivity index (χ1) is 12.7. The third-order valence-electron chi connectivity index (χ3n) is 4.80. The molecule has 9 heteroatoms. The Labute approximate surface area is 155 Å². The SMILES string of the molecule is CNc1nc2sc(C(=O)NCCN3CCCCC3)nc2c2c1ncn2C. The molecule has 1 aliphatic heterocycles. The molecule has 1 fully saturated rings. The van der Waals surface area contributed by atoms with Gasteiger partial charge in [-0.05, 0) is 25.9 Å². The number of thiazole rings is 1. The molecule has 138 valence electrons. The van der Waals surface area contributed by atoms with Gasteiger partial charge in [-0.15, -0.1) is 0 Å². The van der Waals surface area contributed by atoms with E-state index in [0.29, 0.717) is 17.4 Å². The highest BCUT2D eigenvalue weighted by Crippen LogP contribution is 2.30. The fourth-order valence-corrected chi connectivity index (χ4v) is 4.30. The number of hydrogen-bond donors (Lipinski definition) is 2. The average Bonchev–Trinajstić information content (AvgIpc) is 3.25. The highest BCUT2D eigenvalue weighted by atomic mass is 32.1. The van der Waals surface area contributed by atoms with Gasteiger partial charge in [-0.1, -0.05) is 17.8 Å². The van der Waals surface area contributed by atoms with Crippen LogP contribution in [0.3, 0.4) is 0 Å². The Morgan fingerprint density at radius 2 is 2.04 bits per heavy atom. The molecule has 0 spiro atoms. The Morgan fingerprint density at radius 1 is 1.23 bits per heavy atom. The Balaban J connectivity index is 1.54. The van der Waals surface area contributed by atoms with Gasteiger partial charge in [-0.2, -0.15) is 0 Å². The van der Waals surface area contributed by atoms with E-state index >= 15 is 0 Å². The maximum atomic E-state index is 12.5. The highest BCUT2D eigenvalue weighted by Gasteiger charge is 2.19. The summed E-state index contributed by atoms with van der Waals surface area (Å²) in [5, 5.41) is 6.51. The van der Waals surface area contributed by atoms with Crippen molar-refractivity contribution in [1.82, 2.24) is 29.7 Å². The van der Waals surface area contributed by atoms with E-state index in [9.17, 15) is 4.79 Å². The fraction of sp³-hybridized carbons (Fsp3) is 0.529. The number of nitrogens with zero attached hydrogens (tertiary/aromatic N) is 5. The number of rotatable bonds is 5.